The van der Waals surface area contributed by atoms with E-state index in [9.17, 15) is 5.11 Å². The van der Waals surface area contributed by atoms with Gasteiger partial charge in [0.2, 0.25) is 0 Å². The van der Waals surface area contributed by atoms with Crippen molar-refractivity contribution in [3.05, 3.63) is 18.2 Å². The van der Waals surface area contributed by atoms with Crippen molar-refractivity contribution in [1.82, 2.24) is 14.9 Å². The predicted molar refractivity (Wildman–Crippen MR) is 52.9 cm³/mol. The molecule has 0 fully saturated rings. The molecule has 0 aliphatic rings. The maximum absolute atomic E-state index is 9.18. The third kappa shape index (κ3) is 2.80. The van der Waals surface area contributed by atoms with E-state index < -0.39 is 0 Å². The van der Waals surface area contributed by atoms with Crippen LogP contribution in [0.25, 0.3) is 0 Å². The van der Waals surface area contributed by atoms with Gasteiger partial charge in [-0.2, -0.15) is 0 Å². The molecule has 0 saturated heterocycles. The molecule has 0 spiro atoms. The maximum atomic E-state index is 9.18. The number of ether oxygens (including phenoxy) is 1. The Balaban J connectivity index is 2.50. The minimum atomic E-state index is -0.0716. The zero-order valence-electron chi connectivity index (χ0n) is 8.60. The predicted octanol–water partition coefficient (Wildman–Crippen LogP) is -0.311. The molecule has 80 valence electrons. The maximum Gasteiger partial charge on any atom is 0.0946 e. The summed E-state index contributed by atoms with van der Waals surface area (Å²) in [6, 6.07) is -0.0716. The van der Waals surface area contributed by atoms with Gasteiger partial charge < -0.3 is 19.7 Å². The molecule has 2 N–H and O–H groups in total. The first kappa shape index (κ1) is 11.2. The minimum Gasteiger partial charge on any atom is -0.394 e. The summed E-state index contributed by atoms with van der Waals surface area (Å²) < 4.78 is 6.81. The summed E-state index contributed by atoms with van der Waals surface area (Å²) in [6.07, 6.45) is 3.47. The summed E-state index contributed by atoms with van der Waals surface area (Å²) in [5, 5.41) is 12.4. The molecule has 1 atom stereocenters. The van der Waals surface area contributed by atoms with Crippen LogP contribution in [0.4, 0.5) is 0 Å². The Morgan fingerprint density at radius 3 is 3.00 bits per heavy atom. The van der Waals surface area contributed by atoms with Crippen LogP contribution in [0.15, 0.2) is 12.5 Å². The van der Waals surface area contributed by atoms with Crippen molar-refractivity contribution in [2.24, 2.45) is 7.05 Å². The Morgan fingerprint density at radius 1 is 1.71 bits per heavy atom. The van der Waals surface area contributed by atoms with Gasteiger partial charge in [-0.15, -0.1) is 0 Å². The minimum absolute atomic E-state index is 0.0588. The van der Waals surface area contributed by atoms with Gasteiger partial charge in [-0.3, -0.25) is 0 Å². The van der Waals surface area contributed by atoms with E-state index in [1.807, 2.05) is 11.6 Å². The van der Waals surface area contributed by atoms with E-state index in [-0.39, 0.29) is 12.6 Å². The summed E-state index contributed by atoms with van der Waals surface area (Å²) in [4.78, 5) is 4.00. The van der Waals surface area contributed by atoms with Gasteiger partial charge in [0, 0.05) is 26.9 Å². The summed E-state index contributed by atoms with van der Waals surface area (Å²) >= 11 is 0. The van der Waals surface area contributed by atoms with Gasteiger partial charge in [0.15, 0.2) is 0 Å². The largest absolute Gasteiger partial charge is 0.394 e. The smallest absolute Gasteiger partial charge is 0.0946 e. The molecule has 14 heavy (non-hydrogen) atoms. The van der Waals surface area contributed by atoms with Gasteiger partial charge in [0.05, 0.1) is 31.3 Å². The first-order valence-electron chi connectivity index (χ1n) is 4.59. The molecule has 1 aromatic rings. The third-order valence-electron chi connectivity index (χ3n) is 2.09. The molecule has 5 nitrogen and oxygen atoms in total. The Labute approximate surface area is 83.7 Å². The molecule has 0 aliphatic carbocycles. The summed E-state index contributed by atoms with van der Waals surface area (Å²) in [5.74, 6) is 0. The summed E-state index contributed by atoms with van der Waals surface area (Å²) in [7, 11) is 3.56. The topological polar surface area (TPSA) is 59.3 Å². The number of hydrogen-bond donors (Lipinski definition) is 2. The highest BCUT2D eigenvalue weighted by molar-refractivity contribution is 5.04. The second kappa shape index (κ2) is 5.74. The van der Waals surface area contributed by atoms with E-state index in [4.69, 9.17) is 4.74 Å². The average molecular weight is 199 g/mol. The molecule has 5 heteroatoms. The van der Waals surface area contributed by atoms with E-state index in [0.717, 1.165) is 5.69 Å². The van der Waals surface area contributed by atoms with E-state index in [1.165, 1.54) is 0 Å². The molecule has 0 bridgehead atoms. The molecule has 0 amide bonds. The van der Waals surface area contributed by atoms with Gasteiger partial charge >= 0.3 is 0 Å². The van der Waals surface area contributed by atoms with Crippen molar-refractivity contribution in [1.29, 1.82) is 0 Å². The highest BCUT2D eigenvalue weighted by atomic mass is 16.5. The van der Waals surface area contributed by atoms with Crippen LogP contribution in [0, 0.1) is 0 Å². The zero-order valence-corrected chi connectivity index (χ0v) is 8.60. The summed E-state index contributed by atoms with van der Waals surface area (Å²) in [5.41, 5.74) is 0.976. The Morgan fingerprint density at radius 2 is 2.50 bits per heavy atom. The van der Waals surface area contributed by atoms with Crippen LogP contribution >= 0.6 is 0 Å². The number of aryl methyl sites for hydroxylation is 1. The van der Waals surface area contributed by atoms with Crippen molar-refractivity contribution < 1.29 is 9.84 Å². The molecular formula is C9H17N3O2. The van der Waals surface area contributed by atoms with Crippen LogP contribution in [0.2, 0.25) is 0 Å². The van der Waals surface area contributed by atoms with Gasteiger partial charge in [0.1, 0.15) is 0 Å². The van der Waals surface area contributed by atoms with Crippen molar-refractivity contribution >= 4 is 0 Å². The van der Waals surface area contributed by atoms with Gasteiger partial charge in [-0.05, 0) is 0 Å². The number of nitrogens with zero attached hydrogens (tertiary/aromatic N) is 2. The van der Waals surface area contributed by atoms with Crippen LogP contribution in [-0.2, 0) is 11.8 Å². The van der Waals surface area contributed by atoms with Crippen LogP contribution < -0.4 is 5.32 Å². The number of aromatic nitrogens is 2. The Bertz CT molecular complexity index is 262. The second-order valence-corrected chi connectivity index (χ2v) is 3.11. The molecule has 1 unspecified atom stereocenters. The van der Waals surface area contributed by atoms with E-state index >= 15 is 0 Å². The number of aliphatic hydroxyl groups is 1. The van der Waals surface area contributed by atoms with E-state index in [1.54, 1.807) is 19.6 Å². The van der Waals surface area contributed by atoms with Crippen LogP contribution in [-0.4, -0.2) is 41.5 Å². The van der Waals surface area contributed by atoms with Gasteiger partial charge in [-0.25, -0.2) is 4.98 Å². The monoisotopic (exact) mass is 199 g/mol. The van der Waals surface area contributed by atoms with Crippen LogP contribution in [0.1, 0.15) is 11.7 Å². The number of hydrogen-bond acceptors (Lipinski definition) is 4. The third-order valence-corrected chi connectivity index (χ3v) is 2.09. The lowest BCUT2D eigenvalue weighted by Gasteiger charge is -2.16. The van der Waals surface area contributed by atoms with E-state index in [2.05, 4.69) is 10.3 Å². The molecule has 0 aliphatic heterocycles. The quantitative estimate of drug-likeness (QED) is 0.617. The zero-order chi connectivity index (χ0) is 10.4. The number of rotatable bonds is 6. The fourth-order valence-electron chi connectivity index (χ4n) is 1.30. The average Bonchev–Trinajstić information content (AvgIpc) is 2.60. The number of nitrogens with one attached hydrogen (secondary N) is 1. The first-order valence-corrected chi connectivity index (χ1v) is 4.59. The highest BCUT2D eigenvalue weighted by Gasteiger charge is 2.12. The fraction of sp³-hybridized carbons (Fsp3) is 0.667. The molecule has 0 saturated carbocycles. The molecule has 1 rings (SSSR count). The van der Waals surface area contributed by atoms with Crippen LogP contribution in [0.5, 0.6) is 0 Å². The van der Waals surface area contributed by atoms with Crippen molar-refractivity contribution in [3.63, 3.8) is 0 Å². The Kier molecular flexibility index (Phi) is 4.58. The normalized spacial score (nSPS) is 13.1. The number of methoxy groups -OCH3 is 1. The lowest BCUT2D eigenvalue weighted by atomic mass is 10.2. The molecule has 0 radical (unpaired) electrons. The lowest BCUT2D eigenvalue weighted by molar-refractivity contribution is 0.182. The number of imidazole rings is 1. The highest BCUT2D eigenvalue weighted by Crippen LogP contribution is 2.09. The fourth-order valence-corrected chi connectivity index (χ4v) is 1.30. The Hall–Kier alpha value is -0.910. The van der Waals surface area contributed by atoms with Gasteiger partial charge in [0.25, 0.3) is 0 Å². The number of aliphatic hydroxyl groups excluding tert-OH is 1. The van der Waals surface area contributed by atoms with Crippen LogP contribution in [0.3, 0.4) is 0 Å². The second-order valence-electron chi connectivity index (χ2n) is 3.11. The molecule has 1 heterocycles. The molecule has 0 aromatic carbocycles. The van der Waals surface area contributed by atoms with Crippen molar-refractivity contribution in [2.75, 3.05) is 26.9 Å². The summed E-state index contributed by atoms with van der Waals surface area (Å²) in [6.45, 7) is 1.41. The van der Waals surface area contributed by atoms with E-state index in [0.29, 0.717) is 13.2 Å². The first-order chi connectivity index (χ1) is 6.79. The van der Waals surface area contributed by atoms with Crippen molar-refractivity contribution in [3.8, 4) is 0 Å². The lowest BCUT2D eigenvalue weighted by Crippen LogP contribution is -2.28. The molecule has 1 aromatic heterocycles. The SMILES string of the molecule is COCCNC(CO)c1cncn1C. The van der Waals surface area contributed by atoms with Crippen molar-refractivity contribution in [2.45, 2.75) is 6.04 Å². The standard InChI is InChI=1S/C9H17N3O2/c1-12-7-10-5-9(12)8(6-13)11-3-4-14-2/h5,7-8,11,13H,3-4,6H2,1-2H3. The molecular weight excluding hydrogens is 182 g/mol. The van der Waals surface area contributed by atoms with Gasteiger partial charge in [-0.1, -0.05) is 0 Å².